The summed E-state index contributed by atoms with van der Waals surface area (Å²) in [5.74, 6) is -0.502. The van der Waals surface area contributed by atoms with Gasteiger partial charge in [-0.3, -0.25) is 15.1 Å². The van der Waals surface area contributed by atoms with Crippen molar-refractivity contribution in [1.29, 1.82) is 0 Å². The van der Waals surface area contributed by atoms with Gasteiger partial charge in [0.2, 0.25) is 5.96 Å². The first-order valence-electron chi connectivity index (χ1n) is 8.91. The fourth-order valence-electron chi connectivity index (χ4n) is 2.49. The van der Waals surface area contributed by atoms with E-state index in [1.54, 1.807) is 24.5 Å². The van der Waals surface area contributed by atoms with Crippen molar-refractivity contribution < 1.29 is 14.3 Å². The Morgan fingerprint density at radius 1 is 0.966 bits per heavy atom. The van der Waals surface area contributed by atoms with Gasteiger partial charge in [-0.05, 0) is 48.0 Å². The molecule has 146 valence electrons. The number of carbonyl (C=O) groups excluding carboxylic acids is 2. The third-order valence-corrected chi connectivity index (χ3v) is 3.98. The first-order chi connectivity index (χ1) is 14.2. The zero-order valence-electron chi connectivity index (χ0n) is 15.8. The summed E-state index contributed by atoms with van der Waals surface area (Å²) in [5.41, 5.74) is 2.47. The molecule has 7 nitrogen and oxygen atoms in total. The Bertz CT molecular complexity index is 988. The third-order valence-electron chi connectivity index (χ3n) is 3.98. The van der Waals surface area contributed by atoms with E-state index < -0.39 is 5.97 Å². The number of aromatic nitrogens is 1. The van der Waals surface area contributed by atoms with Crippen LogP contribution in [0.4, 0.5) is 5.69 Å². The monoisotopic (exact) mass is 388 g/mol. The molecule has 0 aliphatic heterocycles. The van der Waals surface area contributed by atoms with Gasteiger partial charge in [0.05, 0.1) is 19.2 Å². The fourth-order valence-corrected chi connectivity index (χ4v) is 2.49. The molecule has 1 aromatic heterocycles. The Hall–Kier alpha value is -4.00. The van der Waals surface area contributed by atoms with Crippen molar-refractivity contribution in [2.45, 2.75) is 6.54 Å². The molecule has 0 radical (unpaired) electrons. The number of para-hydroxylation sites is 1. The maximum absolute atomic E-state index is 12.6. The van der Waals surface area contributed by atoms with E-state index in [1.807, 2.05) is 42.5 Å². The third kappa shape index (κ3) is 5.74. The minimum Gasteiger partial charge on any atom is -0.465 e. The van der Waals surface area contributed by atoms with E-state index in [-0.39, 0.29) is 5.91 Å². The average Bonchev–Trinajstić information content (AvgIpc) is 2.78. The first kappa shape index (κ1) is 19.8. The molecule has 0 fully saturated rings. The van der Waals surface area contributed by atoms with Crippen molar-refractivity contribution in [2.24, 2.45) is 4.99 Å². The number of guanidine groups is 1. The highest BCUT2D eigenvalue weighted by molar-refractivity contribution is 6.10. The van der Waals surface area contributed by atoms with Crippen LogP contribution in [0.15, 0.2) is 84.1 Å². The lowest BCUT2D eigenvalue weighted by molar-refractivity contribution is 0.0600. The van der Waals surface area contributed by atoms with E-state index in [9.17, 15) is 9.59 Å². The Labute approximate surface area is 168 Å². The molecule has 1 amide bonds. The van der Waals surface area contributed by atoms with E-state index in [0.717, 1.165) is 11.3 Å². The van der Waals surface area contributed by atoms with E-state index in [4.69, 9.17) is 0 Å². The second-order valence-electron chi connectivity index (χ2n) is 6.04. The molecular weight excluding hydrogens is 368 g/mol. The topological polar surface area (TPSA) is 92.7 Å². The van der Waals surface area contributed by atoms with Crippen molar-refractivity contribution in [3.63, 3.8) is 0 Å². The predicted octanol–water partition coefficient (Wildman–Crippen LogP) is 3.27. The lowest BCUT2D eigenvalue weighted by Crippen LogP contribution is -2.36. The largest absolute Gasteiger partial charge is 0.465 e. The molecule has 0 bridgehead atoms. The van der Waals surface area contributed by atoms with Crippen LogP contribution >= 0.6 is 0 Å². The van der Waals surface area contributed by atoms with E-state index >= 15 is 0 Å². The van der Waals surface area contributed by atoms with Gasteiger partial charge in [0.1, 0.15) is 0 Å². The maximum Gasteiger partial charge on any atom is 0.337 e. The quantitative estimate of drug-likeness (QED) is 0.398. The van der Waals surface area contributed by atoms with Crippen LogP contribution in [0.2, 0.25) is 0 Å². The summed E-state index contributed by atoms with van der Waals surface area (Å²) in [6.07, 6.45) is 3.41. The zero-order chi connectivity index (χ0) is 20.5. The van der Waals surface area contributed by atoms with Crippen LogP contribution in [0.25, 0.3) is 0 Å². The molecule has 0 atom stereocenters. The summed E-state index contributed by atoms with van der Waals surface area (Å²) in [6.45, 7) is 0.352. The molecular formula is C22H20N4O3. The fraction of sp³-hybridized carbons (Fsp3) is 0.0909. The molecule has 29 heavy (non-hydrogen) atoms. The van der Waals surface area contributed by atoms with Crippen molar-refractivity contribution in [3.8, 4) is 0 Å². The highest BCUT2D eigenvalue weighted by Crippen LogP contribution is 2.08. The number of hydrogen-bond acceptors (Lipinski definition) is 5. The van der Waals surface area contributed by atoms with E-state index in [1.165, 1.54) is 19.2 Å². The minimum atomic E-state index is -0.457. The van der Waals surface area contributed by atoms with Crippen LogP contribution in [-0.4, -0.2) is 29.9 Å². The summed E-state index contributed by atoms with van der Waals surface area (Å²) < 4.78 is 4.67. The summed E-state index contributed by atoms with van der Waals surface area (Å²) in [7, 11) is 1.31. The number of aliphatic imine (C=N–C) groups is 1. The van der Waals surface area contributed by atoms with Gasteiger partial charge in [-0.2, -0.15) is 0 Å². The number of ether oxygens (including phenoxy) is 1. The first-order valence-corrected chi connectivity index (χ1v) is 8.91. The number of amides is 1. The summed E-state index contributed by atoms with van der Waals surface area (Å²) >= 11 is 0. The normalized spacial score (nSPS) is 10.9. The molecule has 0 saturated heterocycles. The Kier molecular flexibility index (Phi) is 6.67. The Morgan fingerprint density at radius 3 is 2.34 bits per heavy atom. The van der Waals surface area contributed by atoms with Crippen molar-refractivity contribution in [2.75, 3.05) is 12.4 Å². The molecule has 0 saturated carbocycles. The van der Waals surface area contributed by atoms with Crippen molar-refractivity contribution in [3.05, 3.63) is 95.8 Å². The van der Waals surface area contributed by atoms with Crippen LogP contribution in [0.5, 0.6) is 0 Å². The van der Waals surface area contributed by atoms with Crippen molar-refractivity contribution >= 4 is 23.5 Å². The van der Waals surface area contributed by atoms with Crippen LogP contribution in [0.1, 0.15) is 26.3 Å². The van der Waals surface area contributed by atoms with Gasteiger partial charge in [-0.15, -0.1) is 0 Å². The highest BCUT2D eigenvalue weighted by Gasteiger charge is 2.11. The molecule has 1 heterocycles. The standard InChI is InChI=1S/C22H20N4O3/c1-29-21(28)18-11-9-17(10-12-18)20(27)26-22(25-19-7-3-2-4-8-19)24-15-16-6-5-13-23-14-16/h2-14H,15H2,1H3,(H2,24,25,26,27). The number of anilines is 1. The van der Waals surface area contributed by atoms with Crippen LogP contribution in [0, 0.1) is 0 Å². The molecule has 0 aliphatic carbocycles. The minimum absolute atomic E-state index is 0.307. The lowest BCUT2D eigenvalue weighted by atomic mass is 10.1. The Balaban J connectivity index is 1.76. The second kappa shape index (κ2) is 9.80. The van der Waals surface area contributed by atoms with Gasteiger partial charge >= 0.3 is 5.97 Å². The number of esters is 1. The van der Waals surface area contributed by atoms with Gasteiger partial charge in [0.25, 0.3) is 5.91 Å². The Morgan fingerprint density at radius 2 is 1.69 bits per heavy atom. The summed E-state index contributed by atoms with van der Waals surface area (Å²) in [5, 5.41) is 5.89. The molecule has 0 unspecified atom stereocenters. The summed E-state index contributed by atoms with van der Waals surface area (Å²) in [4.78, 5) is 32.7. The number of nitrogens with zero attached hydrogens (tertiary/aromatic N) is 2. The van der Waals surface area contributed by atoms with Crippen LogP contribution in [0.3, 0.4) is 0 Å². The maximum atomic E-state index is 12.6. The molecule has 3 aromatic rings. The van der Waals surface area contributed by atoms with Gasteiger partial charge < -0.3 is 10.1 Å². The number of hydrogen-bond donors (Lipinski definition) is 2. The van der Waals surface area contributed by atoms with Crippen LogP contribution in [-0.2, 0) is 11.3 Å². The number of benzene rings is 2. The number of rotatable bonds is 5. The average molecular weight is 388 g/mol. The second-order valence-corrected chi connectivity index (χ2v) is 6.04. The van der Waals surface area contributed by atoms with E-state index in [2.05, 4.69) is 25.3 Å². The van der Waals surface area contributed by atoms with Gasteiger partial charge in [-0.25, -0.2) is 9.79 Å². The van der Waals surface area contributed by atoms with Gasteiger partial charge in [0, 0.05) is 23.6 Å². The molecule has 0 spiro atoms. The molecule has 2 aromatic carbocycles. The van der Waals surface area contributed by atoms with Crippen LogP contribution < -0.4 is 10.6 Å². The number of methoxy groups -OCH3 is 1. The molecule has 2 N–H and O–H groups in total. The number of carbonyl (C=O) groups is 2. The van der Waals surface area contributed by atoms with E-state index in [0.29, 0.717) is 23.6 Å². The smallest absolute Gasteiger partial charge is 0.337 e. The predicted molar refractivity (Wildman–Crippen MR) is 111 cm³/mol. The molecule has 7 heteroatoms. The molecule has 0 aliphatic rings. The van der Waals surface area contributed by atoms with Gasteiger partial charge in [-0.1, -0.05) is 24.3 Å². The number of pyridine rings is 1. The lowest BCUT2D eigenvalue weighted by Gasteiger charge is -2.12. The zero-order valence-corrected chi connectivity index (χ0v) is 15.8. The summed E-state index contributed by atoms with van der Waals surface area (Å²) in [6, 6.07) is 19.3. The SMILES string of the molecule is COC(=O)c1ccc(C(=O)NC(=NCc2cccnc2)Nc2ccccc2)cc1. The molecule has 3 rings (SSSR count). The van der Waals surface area contributed by atoms with Gasteiger partial charge in [0.15, 0.2) is 0 Å². The van der Waals surface area contributed by atoms with Crippen molar-refractivity contribution in [1.82, 2.24) is 10.3 Å². The highest BCUT2D eigenvalue weighted by atomic mass is 16.5. The number of nitrogens with one attached hydrogen (secondary N) is 2.